The standard InChI is InChI=1S/C29H40N4O6/c1-6-23(29(38)39-7-2)33-28(37)19(12-13-20(35)16-30)14-25-22(21-10-8-9-11-24(21)32-25)15-26(31-18(5)34)27(36)17(3)4/h8-11,16-17,19,23,26,30,32H,6-7,12-15H2,1-5H3,(H,31,34)(H,33,37)/t19-,23+,26+/m1/s1. The van der Waals surface area contributed by atoms with Gasteiger partial charge in [0.1, 0.15) is 6.04 Å². The highest BCUT2D eigenvalue weighted by molar-refractivity contribution is 6.26. The fourth-order valence-corrected chi connectivity index (χ4v) is 4.56. The molecule has 0 bridgehead atoms. The average molecular weight is 541 g/mol. The maximum atomic E-state index is 13.4. The molecule has 1 aromatic heterocycles. The van der Waals surface area contributed by atoms with Crippen LogP contribution >= 0.6 is 0 Å². The van der Waals surface area contributed by atoms with Crippen LogP contribution in [0.1, 0.15) is 65.1 Å². The maximum absolute atomic E-state index is 13.4. The summed E-state index contributed by atoms with van der Waals surface area (Å²) in [7, 11) is 0. The van der Waals surface area contributed by atoms with Crippen molar-refractivity contribution in [3.05, 3.63) is 35.5 Å². The largest absolute Gasteiger partial charge is 0.464 e. The fourth-order valence-electron chi connectivity index (χ4n) is 4.56. The molecule has 3 atom stereocenters. The topological polar surface area (TPSA) is 158 Å². The molecule has 0 aliphatic carbocycles. The Morgan fingerprint density at radius 2 is 1.72 bits per heavy atom. The summed E-state index contributed by atoms with van der Waals surface area (Å²) in [5.74, 6) is -2.77. The molecule has 4 N–H and O–H groups in total. The van der Waals surface area contributed by atoms with Gasteiger partial charge >= 0.3 is 5.97 Å². The van der Waals surface area contributed by atoms with Crippen LogP contribution in [-0.4, -0.2) is 59.2 Å². The van der Waals surface area contributed by atoms with Gasteiger partial charge < -0.3 is 25.8 Å². The van der Waals surface area contributed by atoms with E-state index in [4.69, 9.17) is 10.1 Å². The van der Waals surface area contributed by atoms with E-state index in [0.717, 1.165) is 22.7 Å². The van der Waals surface area contributed by atoms with Gasteiger partial charge in [-0.15, -0.1) is 0 Å². The number of benzene rings is 1. The molecule has 10 heteroatoms. The Balaban J connectivity index is 2.47. The van der Waals surface area contributed by atoms with Gasteiger partial charge in [0, 0.05) is 48.2 Å². The van der Waals surface area contributed by atoms with Crippen LogP contribution in [-0.2, 0) is 41.6 Å². The number of rotatable bonds is 16. The second kappa shape index (κ2) is 14.9. The first-order valence-corrected chi connectivity index (χ1v) is 13.4. The highest BCUT2D eigenvalue weighted by Gasteiger charge is 2.29. The van der Waals surface area contributed by atoms with Gasteiger partial charge in [0.05, 0.1) is 18.9 Å². The Morgan fingerprint density at radius 3 is 2.31 bits per heavy atom. The zero-order chi connectivity index (χ0) is 29.1. The van der Waals surface area contributed by atoms with E-state index in [-0.39, 0.29) is 49.9 Å². The van der Waals surface area contributed by atoms with Crippen molar-refractivity contribution >= 4 is 46.5 Å². The van der Waals surface area contributed by atoms with Gasteiger partial charge in [-0.3, -0.25) is 19.2 Å². The Kier molecular flexibility index (Phi) is 12.0. The smallest absolute Gasteiger partial charge is 0.328 e. The van der Waals surface area contributed by atoms with Gasteiger partial charge in [-0.2, -0.15) is 0 Å². The van der Waals surface area contributed by atoms with Gasteiger partial charge in [0.2, 0.25) is 11.8 Å². The van der Waals surface area contributed by atoms with Crippen LogP contribution < -0.4 is 10.6 Å². The number of hydrogen-bond acceptors (Lipinski definition) is 7. The Morgan fingerprint density at radius 1 is 1.03 bits per heavy atom. The van der Waals surface area contributed by atoms with Gasteiger partial charge in [-0.05, 0) is 37.8 Å². The predicted octanol–water partition coefficient (Wildman–Crippen LogP) is 3.06. The summed E-state index contributed by atoms with van der Waals surface area (Å²) in [6.07, 6.45) is 1.64. The quantitative estimate of drug-likeness (QED) is 0.189. The van der Waals surface area contributed by atoms with Gasteiger partial charge in [-0.1, -0.05) is 39.0 Å². The number of hydrogen-bond donors (Lipinski definition) is 4. The zero-order valence-electron chi connectivity index (χ0n) is 23.4. The first kappa shape index (κ1) is 31.4. The van der Waals surface area contributed by atoms with Crippen molar-refractivity contribution in [2.24, 2.45) is 11.8 Å². The molecule has 0 saturated carbocycles. The van der Waals surface area contributed by atoms with Crippen molar-refractivity contribution in [3.8, 4) is 0 Å². The van der Waals surface area contributed by atoms with E-state index in [1.54, 1.807) is 27.7 Å². The lowest BCUT2D eigenvalue weighted by atomic mass is 9.90. The van der Waals surface area contributed by atoms with Crippen LogP contribution in [0.2, 0.25) is 0 Å². The number of ketones is 2. The summed E-state index contributed by atoms with van der Waals surface area (Å²) in [5, 5.41) is 13.6. The number of nitrogens with one attached hydrogen (secondary N) is 4. The van der Waals surface area contributed by atoms with Crippen molar-refractivity contribution in [2.45, 2.75) is 78.8 Å². The summed E-state index contributed by atoms with van der Waals surface area (Å²) in [6, 6.07) is 5.97. The molecule has 0 aliphatic heterocycles. The first-order chi connectivity index (χ1) is 18.5. The number of ether oxygens (including phenoxy) is 1. The van der Waals surface area contributed by atoms with Gasteiger partial charge in [-0.25, -0.2) is 4.79 Å². The Labute approximate surface area is 229 Å². The average Bonchev–Trinajstić information content (AvgIpc) is 3.24. The number of amides is 2. The lowest BCUT2D eigenvalue weighted by Crippen LogP contribution is -2.45. The molecule has 0 radical (unpaired) electrons. The van der Waals surface area contributed by atoms with Crippen molar-refractivity contribution < 1.29 is 28.7 Å². The van der Waals surface area contributed by atoms with E-state index < -0.39 is 35.7 Å². The second-order valence-corrected chi connectivity index (χ2v) is 9.91. The highest BCUT2D eigenvalue weighted by atomic mass is 16.5. The lowest BCUT2D eigenvalue weighted by Gasteiger charge is -2.22. The SMILES string of the molecule is CCOC(=O)[C@H](CC)NC(=O)[C@H](CCC(=O)C=N)Cc1[nH]c2ccccc2c1C[C@H](NC(C)=O)C(=O)C(C)C. The summed E-state index contributed by atoms with van der Waals surface area (Å²) in [6.45, 7) is 8.56. The first-order valence-electron chi connectivity index (χ1n) is 13.4. The molecule has 1 heterocycles. The number of para-hydroxylation sites is 1. The maximum Gasteiger partial charge on any atom is 0.328 e. The number of carbonyl (C=O) groups excluding carboxylic acids is 5. The molecule has 2 rings (SSSR count). The van der Waals surface area contributed by atoms with Crippen molar-refractivity contribution in [2.75, 3.05) is 6.61 Å². The lowest BCUT2D eigenvalue weighted by molar-refractivity contribution is -0.148. The van der Waals surface area contributed by atoms with E-state index >= 15 is 0 Å². The highest BCUT2D eigenvalue weighted by Crippen LogP contribution is 2.28. The zero-order valence-corrected chi connectivity index (χ0v) is 23.4. The van der Waals surface area contributed by atoms with E-state index in [9.17, 15) is 24.0 Å². The summed E-state index contributed by atoms with van der Waals surface area (Å²) in [5.41, 5.74) is 2.32. The minimum atomic E-state index is -0.826. The number of carbonyl (C=O) groups is 5. The Bertz CT molecular complexity index is 1200. The third-order valence-electron chi connectivity index (χ3n) is 6.62. The summed E-state index contributed by atoms with van der Waals surface area (Å²) >= 11 is 0. The molecule has 0 spiro atoms. The summed E-state index contributed by atoms with van der Waals surface area (Å²) < 4.78 is 5.08. The van der Waals surface area contributed by atoms with Crippen LogP contribution in [0.25, 0.3) is 10.9 Å². The van der Waals surface area contributed by atoms with Crippen molar-refractivity contribution in [3.63, 3.8) is 0 Å². The van der Waals surface area contributed by atoms with Crippen molar-refractivity contribution in [1.82, 2.24) is 15.6 Å². The van der Waals surface area contributed by atoms with Gasteiger partial charge in [0.15, 0.2) is 11.6 Å². The van der Waals surface area contributed by atoms with E-state index in [0.29, 0.717) is 12.1 Å². The van der Waals surface area contributed by atoms with Crippen LogP contribution in [0.5, 0.6) is 0 Å². The Hall–Kier alpha value is -3.82. The predicted molar refractivity (Wildman–Crippen MR) is 149 cm³/mol. The molecule has 0 fully saturated rings. The number of Topliss-reactive ketones (excluding diaryl/α,β-unsaturated/α-hetero) is 2. The molecule has 39 heavy (non-hydrogen) atoms. The fraction of sp³-hybridized carbons (Fsp3) is 0.517. The third-order valence-corrected chi connectivity index (χ3v) is 6.62. The minimum Gasteiger partial charge on any atom is -0.464 e. The molecular formula is C29H40N4O6. The molecule has 2 aromatic rings. The second-order valence-electron chi connectivity index (χ2n) is 9.91. The molecule has 0 aliphatic rings. The molecule has 0 saturated heterocycles. The van der Waals surface area contributed by atoms with E-state index in [2.05, 4.69) is 15.6 Å². The van der Waals surface area contributed by atoms with Crippen LogP contribution in [0, 0.1) is 17.2 Å². The molecule has 212 valence electrons. The number of aromatic amines is 1. The van der Waals surface area contributed by atoms with Crippen LogP contribution in [0.4, 0.5) is 0 Å². The van der Waals surface area contributed by atoms with E-state index in [1.165, 1.54) is 6.92 Å². The molecule has 1 aromatic carbocycles. The number of aromatic nitrogens is 1. The molecular weight excluding hydrogens is 500 g/mol. The minimum absolute atomic E-state index is 0.00625. The number of H-pyrrole nitrogens is 1. The van der Waals surface area contributed by atoms with Crippen molar-refractivity contribution in [1.29, 1.82) is 5.41 Å². The normalized spacial score (nSPS) is 13.4. The molecule has 10 nitrogen and oxygen atoms in total. The summed E-state index contributed by atoms with van der Waals surface area (Å²) in [4.78, 5) is 65.9. The number of esters is 1. The van der Waals surface area contributed by atoms with Gasteiger partial charge in [0.25, 0.3) is 0 Å². The number of fused-ring (bicyclic) bond motifs is 1. The molecule has 2 amide bonds. The molecule has 0 unspecified atom stereocenters. The van der Waals surface area contributed by atoms with Crippen LogP contribution in [0.15, 0.2) is 24.3 Å². The van der Waals surface area contributed by atoms with Crippen LogP contribution in [0.3, 0.4) is 0 Å². The monoisotopic (exact) mass is 540 g/mol. The third kappa shape index (κ3) is 8.87. The van der Waals surface area contributed by atoms with E-state index in [1.807, 2.05) is 24.3 Å².